The number of rotatable bonds is 0. The van der Waals surface area contributed by atoms with E-state index in [0.717, 1.165) is 85.1 Å². The first-order chi connectivity index (χ1) is 44.1. The number of aromatic nitrogens is 10. The number of aryl methyl sites for hydroxylation is 10. The zero-order valence-corrected chi connectivity index (χ0v) is 56.6. The summed E-state index contributed by atoms with van der Waals surface area (Å²) in [4.78, 5) is 35.5. The molecule has 91 heavy (non-hydrogen) atoms. The van der Waals surface area contributed by atoms with Gasteiger partial charge in [0, 0.05) is 93.1 Å². The van der Waals surface area contributed by atoms with Crippen molar-refractivity contribution < 1.29 is 9.15 Å². The third-order valence-electron chi connectivity index (χ3n) is 12.5. The number of nitrogens with two attached hydrogens (primary N) is 1. The first-order valence-corrected chi connectivity index (χ1v) is 32.5. The number of aromatic amines is 1. The Morgan fingerprint density at radius 3 is 1.67 bits per heavy atom. The molecule has 0 spiro atoms. The van der Waals surface area contributed by atoms with Gasteiger partial charge in [-0.05, 0) is 175 Å². The topological polar surface area (TPSA) is 193 Å². The molecule has 15 aromatic rings. The van der Waals surface area contributed by atoms with Gasteiger partial charge < -0.3 is 14.9 Å². The van der Waals surface area contributed by atoms with Crippen molar-refractivity contribution in [1.82, 2.24) is 49.5 Å². The Hall–Kier alpha value is -9.72. The van der Waals surface area contributed by atoms with Crippen molar-refractivity contribution in [3.05, 3.63) is 284 Å². The number of hydrogen-bond acceptors (Lipinski definition) is 17. The molecule has 466 valence electrons. The van der Waals surface area contributed by atoms with Gasteiger partial charge in [0.15, 0.2) is 17.4 Å². The molecule has 0 atom stereocenters. The number of thiophene rings is 1. The molecule has 0 unspecified atom stereocenters. The van der Waals surface area contributed by atoms with Crippen LogP contribution in [-0.2, 0) is 4.74 Å². The van der Waals surface area contributed by atoms with Crippen molar-refractivity contribution in [1.29, 1.82) is 0 Å². The van der Waals surface area contributed by atoms with Gasteiger partial charge in [0.25, 0.3) is 0 Å². The number of anilines is 1. The second-order valence-electron chi connectivity index (χ2n) is 19.9. The molecule has 3 N–H and O–H groups in total. The van der Waals surface area contributed by atoms with Crippen LogP contribution >= 0.6 is 45.5 Å². The summed E-state index contributed by atoms with van der Waals surface area (Å²) >= 11 is 6.75. The number of ether oxygens (including phenoxy) is 1. The summed E-state index contributed by atoms with van der Waals surface area (Å²) < 4.78 is 15.7. The summed E-state index contributed by atoms with van der Waals surface area (Å²) in [7, 11) is 0. The van der Waals surface area contributed by atoms with Gasteiger partial charge in [-0.1, -0.05) is 97.1 Å². The summed E-state index contributed by atoms with van der Waals surface area (Å²) in [5, 5.41) is 16.3. The molecule has 0 radical (unpaired) electrons. The minimum Gasteiger partial charge on any atom is -0.479 e. The molecular weight excluding hydrogens is 1210 g/mol. The number of nitrogens with zero attached hydrogens (tertiary/aromatic N) is 10. The van der Waals surface area contributed by atoms with Crippen LogP contribution in [0.2, 0.25) is 0 Å². The maximum Gasteiger partial charge on any atom is 0.192 e. The highest BCUT2D eigenvalue weighted by Gasteiger charge is 2.00. The van der Waals surface area contributed by atoms with Crippen molar-refractivity contribution >= 4 is 111 Å². The van der Waals surface area contributed by atoms with Crippen LogP contribution in [0.4, 0.5) is 5.82 Å². The van der Waals surface area contributed by atoms with E-state index >= 15 is 0 Å². The first kappa shape index (κ1) is 70.4. The third kappa shape index (κ3) is 26.5. The predicted molar refractivity (Wildman–Crippen MR) is 386 cm³/mol. The van der Waals surface area contributed by atoms with E-state index in [1.54, 1.807) is 76.5 Å². The fourth-order valence-electron chi connectivity index (χ4n) is 7.73. The fourth-order valence-corrected chi connectivity index (χ4v) is 10.2. The van der Waals surface area contributed by atoms with Crippen LogP contribution in [0.1, 0.15) is 60.7 Å². The molecule has 0 amide bonds. The number of aliphatic imine (C=N–C) groups is 1. The van der Waals surface area contributed by atoms with Gasteiger partial charge in [0.05, 0.1) is 49.5 Å². The van der Waals surface area contributed by atoms with Gasteiger partial charge in [-0.2, -0.15) is 9.47 Å². The summed E-state index contributed by atoms with van der Waals surface area (Å²) in [5.74, 6) is 2.20. The van der Waals surface area contributed by atoms with Gasteiger partial charge in [0.1, 0.15) is 17.9 Å². The molecule has 5 aromatic carbocycles. The molecule has 0 saturated carbocycles. The zero-order valence-electron chi connectivity index (χ0n) is 53.4. The van der Waals surface area contributed by atoms with E-state index < -0.39 is 0 Å². The van der Waals surface area contributed by atoms with Crippen LogP contribution in [-0.4, -0.2) is 68.5 Å². The minimum absolute atomic E-state index is 0.653. The van der Waals surface area contributed by atoms with Gasteiger partial charge in [0.2, 0.25) is 0 Å². The average Bonchev–Trinajstić information content (AvgIpc) is 2.20. The molecule has 14 nitrogen and oxygen atoms in total. The summed E-state index contributed by atoms with van der Waals surface area (Å²) in [5.41, 5.74) is 17.2. The Kier molecular flexibility index (Phi) is 30.4. The number of thiazole rings is 2. The lowest BCUT2D eigenvalue weighted by atomic mass is 10.1. The van der Waals surface area contributed by atoms with Crippen LogP contribution in [0.5, 0.6) is 0 Å². The number of hydrogen-bond donors (Lipinski definition) is 2. The van der Waals surface area contributed by atoms with Crippen LogP contribution in [0.25, 0.3) is 54.0 Å². The number of pyridine rings is 4. The SMILES string of the molecule is CC1=NCCO1.Cc1ccc2ccccc2n1.Cc1ccccn1.Cc1cccs1.Cc1ccnc2ccccc12.Cc1ccncc1.Cc1cn[nH]c1N.Cc1nc2ccccc2o1.Cc1nc2ccccc2s1.Cc1nccs1.Cc1snc2ccccc12. The molecule has 0 bridgehead atoms. The largest absolute Gasteiger partial charge is 0.479 e. The molecule has 0 fully saturated rings. The highest BCUT2D eigenvalue weighted by Crippen LogP contribution is 2.21. The summed E-state index contributed by atoms with van der Waals surface area (Å²) in [6.45, 7) is 23.6. The van der Waals surface area contributed by atoms with Gasteiger partial charge in [-0.25, -0.2) is 9.97 Å². The van der Waals surface area contributed by atoms with Crippen LogP contribution in [0.3, 0.4) is 0 Å². The Morgan fingerprint density at radius 2 is 1.16 bits per heavy atom. The normalized spacial score (nSPS) is 10.5. The zero-order chi connectivity index (χ0) is 65.0. The molecule has 10 aromatic heterocycles. The smallest absolute Gasteiger partial charge is 0.192 e. The highest BCUT2D eigenvalue weighted by atomic mass is 32.1. The van der Waals surface area contributed by atoms with E-state index in [4.69, 9.17) is 14.9 Å². The molecule has 0 aliphatic carbocycles. The Bertz CT molecular complexity index is 4210. The molecular formula is C73H78N12O2S4. The van der Waals surface area contributed by atoms with Gasteiger partial charge in [-0.3, -0.25) is 35.0 Å². The maximum atomic E-state index is 5.32. The lowest BCUT2D eigenvalue weighted by molar-refractivity contribution is 0.345. The second-order valence-corrected chi connectivity index (χ2v) is 24.4. The van der Waals surface area contributed by atoms with Crippen LogP contribution in [0.15, 0.2) is 239 Å². The number of nitrogen functional groups attached to an aromatic ring is 1. The number of fused-ring (bicyclic) bond motifs is 5. The van der Waals surface area contributed by atoms with Crippen LogP contribution < -0.4 is 5.73 Å². The summed E-state index contributed by atoms with van der Waals surface area (Å²) in [6, 6.07) is 60.6. The summed E-state index contributed by atoms with van der Waals surface area (Å²) in [6.07, 6.45) is 10.7. The number of H-pyrrole nitrogens is 1. The van der Waals surface area contributed by atoms with E-state index in [-0.39, 0.29) is 0 Å². The molecule has 18 heteroatoms. The van der Waals surface area contributed by atoms with Crippen molar-refractivity contribution in [2.45, 2.75) is 76.2 Å². The number of para-hydroxylation sites is 5. The quantitative estimate of drug-likeness (QED) is 0.146. The molecule has 0 saturated heterocycles. The Balaban J connectivity index is 0.000000160. The van der Waals surface area contributed by atoms with Crippen LogP contribution in [0, 0.1) is 69.2 Å². The standard InChI is InChI=1S/2C10H9N.C8H7NO.2C8H7NS.2C6H7N.C5H6S.C4H7N3.C4H7NO.C4H5NS/c1-8-6-7-11-10-5-3-2-4-9(8)10;1-8-6-7-9-4-2-3-5-10(9)11-8;2*1-6-9-7-4-2-3-5-8(7)10-6;1-6-7-4-2-3-5-8(7)9-10-6;1-6-2-4-7-5-3-6;1-6-4-2-3-5-7-6;1-5-3-2-4-6-5;1-3-2-6-7-4(3)5;2*1-4-5-2-3-6-4/h2*2-7H,1H3;3*2-5H,1H3;2*2-5H,1H3;2-4H,1H3;2H,1H3,(H3,5,6,7);2-3H2,1H3;2-3H,1H3. The molecule has 1 aliphatic rings. The minimum atomic E-state index is 0.653. The maximum absolute atomic E-state index is 5.32. The number of benzene rings is 5. The number of nitrogens with one attached hydrogen (secondary N) is 1. The lowest BCUT2D eigenvalue weighted by Crippen LogP contribution is -1.89. The van der Waals surface area contributed by atoms with Crippen molar-refractivity contribution in [2.24, 2.45) is 4.99 Å². The third-order valence-corrected chi connectivity index (χ3v) is 15.7. The number of oxazole rings is 1. The highest BCUT2D eigenvalue weighted by molar-refractivity contribution is 7.18. The van der Waals surface area contributed by atoms with Gasteiger partial charge >= 0.3 is 0 Å². The van der Waals surface area contributed by atoms with E-state index in [1.165, 1.54) is 41.7 Å². The van der Waals surface area contributed by atoms with Crippen molar-refractivity contribution in [3.63, 3.8) is 0 Å². The van der Waals surface area contributed by atoms with E-state index in [0.29, 0.717) is 5.82 Å². The second kappa shape index (κ2) is 39.3. The fraction of sp³-hybridized carbons (Fsp3) is 0.178. The van der Waals surface area contributed by atoms with Crippen molar-refractivity contribution in [3.8, 4) is 0 Å². The van der Waals surface area contributed by atoms with E-state index in [2.05, 4.69) is 123 Å². The van der Waals surface area contributed by atoms with E-state index in [9.17, 15) is 0 Å². The lowest BCUT2D eigenvalue weighted by Gasteiger charge is -1.97. The average molecular weight is 1280 g/mol. The first-order valence-electron chi connectivity index (χ1n) is 29.2. The monoisotopic (exact) mass is 1280 g/mol. The van der Waals surface area contributed by atoms with Crippen molar-refractivity contribution in [2.75, 3.05) is 18.9 Å². The van der Waals surface area contributed by atoms with Gasteiger partial charge in [-0.15, -0.1) is 34.0 Å². The molecule has 11 heterocycles. The Labute approximate surface area is 550 Å². The molecule has 16 rings (SSSR count). The predicted octanol–water partition coefficient (Wildman–Crippen LogP) is 19.5. The molecule has 1 aliphatic heterocycles. The Morgan fingerprint density at radius 1 is 0.484 bits per heavy atom. The van der Waals surface area contributed by atoms with E-state index in [1.807, 2.05) is 206 Å².